The van der Waals surface area contributed by atoms with Crippen LogP contribution in [0.3, 0.4) is 0 Å². The quantitative estimate of drug-likeness (QED) is 0.627. The van der Waals surface area contributed by atoms with Crippen molar-refractivity contribution in [3.8, 4) is 0 Å². The van der Waals surface area contributed by atoms with E-state index in [2.05, 4.69) is 0 Å². The highest BCUT2D eigenvalue weighted by Gasteiger charge is 2.33. The maximum atomic E-state index is 13.0. The molecule has 0 unspecified atom stereocenters. The fourth-order valence-corrected chi connectivity index (χ4v) is 1.23. The van der Waals surface area contributed by atoms with Crippen LogP contribution < -0.4 is 5.73 Å². The lowest BCUT2D eigenvalue weighted by atomic mass is 10.0. The van der Waals surface area contributed by atoms with Crippen molar-refractivity contribution in [3.63, 3.8) is 0 Å². The van der Waals surface area contributed by atoms with E-state index in [-0.39, 0.29) is 0 Å². The molecule has 0 radical (unpaired) electrons. The molecule has 1 atom stereocenters. The van der Waals surface area contributed by atoms with Crippen LogP contribution >= 0.6 is 0 Å². The van der Waals surface area contributed by atoms with Crippen LogP contribution in [-0.2, 0) is 0 Å². The molecule has 0 heterocycles. The third-order valence-corrected chi connectivity index (χ3v) is 1.90. The standard InChI is InChI=1S/C9H7F6N/c10-4-1-2-5(11)8(12)7(4)6(16)3-9(13,14)15/h1-2,6H,3,16H2/t6-/m0/s1. The predicted molar refractivity (Wildman–Crippen MR) is 43.9 cm³/mol. The molecule has 1 aromatic rings. The second-order valence-electron chi connectivity index (χ2n) is 3.18. The van der Waals surface area contributed by atoms with Crippen molar-refractivity contribution in [3.05, 3.63) is 35.1 Å². The van der Waals surface area contributed by atoms with Gasteiger partial charge in [-0.3, -0.25) is 0 Å². The highest BCUT2D eigenvalue weighted by atomic mass is 19.4. The summed E-state index contributed by atoms with van der Waals surface area (Å²) in [7, 11) is 0. The molecular formula is C9H7F6N. The second kappa shape index (κ2) is 4.32. The smallest absolute Gasteiger partial charge is 0.323 e. The van der Waals surface area contributed by atoms with Gasteiger partial charge in [0.1, 0.15) is 5.82 Å². The Morgan fingerprint density at radius 2 is 1.56 bits per heavy atom. The highest BCUT2D eigenvalue weighted by molar-refractivity contribution is 5.24. The number of benzene rings is 1. The molecule has 0 saturated carbocycles. The highest BCUT2D eigenvalue weighted by Crippen LogP contribution is 2.31. The van der Waals surface area contributed by atoms with Gasteiger partial charge in [0, 0.05) is 11.6 Å². The van der Waals surface area contributed by atoms with Crippen LogP contribution in [0.1, 0.15) is 18.0 Å². The van der Waals surface area contributed by atoms with E-state index < -0.39 is 41.7 Å². The molecule has 0 fully saturated rings. The van der Waals surface area contributed by atoms with Crippen molar-refractivity contribution in [2.45, 2.75) is 18.6 Å². The van der Waals surface area contributed by atoms with E-state index in [9.17, 15) is 26.3 Å². The molecule has 0 saturated heterocycles. The molecule has 7 heteroatoms. The summed E-state index contributed by atoms with van der Waals surface area (Å²) in [6, 6.07) is -0.950. The molecule has 16 heavy (non-hydrogen) atoms. The van der Waals surface area contributed by atoms with E-state index >= 15 is 0 Å². The normalized spacial score (nSPS) is 13.9. The summed E-state index contributed by atoms with van der Waals surface area (Å²) in [5.74, 6) is -4.42. The van der Waals surface area contributed by atoms with Crippen LogP contribution in [0.2, 0.25) is 0 Å². The van der Waals surface area contributed by atoms with E-state index in [0.29, 0.717) is 12.1 Å². The zero-order valence-corrected chi connectivity index (χ0v) is 7.78. The molecule has 0 aliphatic heterocycles. The van der Waals surface area contributed by atoms with Gasteiger partial charge in [-0.1, -0.05) is 0 Å². The Hall–Kier alpha value is -1.24. The first-order chi connectivity index (χ1) is 7.22. The summed E-state index contributed by atoms with van der Waals surface area (Å²) in [5.41, 5.74) is 3.90. The predicted octanol–water partition coefficient (Wildman–Crippen LogP) is 3.06. The Bertz CT molecular complexity index is 386. The molecule has 1 nitrogen and oxygen atoms in total. The first-order valence-electron chi connectivity index (χ1n) is 4.18. The van der Waals surface area contributed by atoms with Crippen LogP contribution in [0.25, 0.3) is 0 Å². The van der Waals surface area contributed by atoms with Crippen molar-refractivity contribution < 1.29 is 26.3 Å². The minimum Gasteiger partial charge on any atom is -0.323 e. The Kier molecular flexibility index (Phi) is 3.47. The molecule has 1 aromatic carbocycles. The summed E-state index contributed by atoms with van der Waals surface area (Å²) in [6.07, 6.45) is -6.30. The van der Waals surface area contributed by atoms with Gasteiger partial charge in [0.25, 0.3) is 0 Å². The Morgan fingerprint density at radius 3 is 2.06 bits per heavy atom. The second-order valence-corrected chi connectivity index (χ2v) is 3.18. The molecule has 0 aromatic heterocycles. The monoisotopic (exact) mass is 243 g/mol. The van der Waals surface area contributed by atoms with Crippen molar-refractivity contribution in [2.75, 3.05) is 0 Å². The number of hydrogen-bond acceptors (Lipinski definition) is 1. The van der Waals surface area contributed by atoms with E-state index in [1.807, 2.05) is 0 Å². The zero-order chi connectivity index (χ0) is 12.5. The summed E-state index contributed by atoms with van der Waals surface area (Å²) in [4.78, 5) is 0. The van der Waals surface area contributed by atoms with Gasteiger partial charge in [-0.05, 0) is 12.1 Å². The third-order valence-electron chi connectivity index (χ3n) is 1.90. The molecule has 0 aliphatic carbocycles. The zero-order valence-electron chi connectivity index (χ0n) is 7.78. The van der Waals surface area contributed by atoms with Crippen LogP contribution in [-0.4, -0.2) is 6.18 Å². The molecule has 0 amide bonds. The van der Waals surface area contributed by atoms with E-state index in [1.165, 1.54) is 0 Å². The van der Waals surface area contributed by atoms with Crippen molar-refractivity contribution in [2.24, 2.45) is 5.73 Å². The van der Waals surface area contributed by atoms with E-state index in [4.69, 9.17) is 5.73 Å². The van der Waals surface area contributed by atoms with Gasteiger partial charge in [-0.15, -0.1) is 0 Å². The number of halogens is 6. The molecule has 2 N–H and O–H groups in total. The maximum absolute atomic E-state index is 13.0. The molecule has 0 spiro atoms. The molecule has 90 valence electrons. The van der Waals surface area contributed by atoms with E-state index in [1.54, 1.807) is 0 Å². The van der Waals surface area contributed by atoms with Gasteiger partial charge in [0.15, 0.2) is 11.6 Å². The average Bonchev–Trinajstić information content (AvgIpc) is 2.09. The average molecular weight is 243 g/mol. The Labute approximate surface area is 86.9 Å². The first-order valence-corrected chi connectivity index (χ1v) is 4.18. The van der Waals surface area contributed by atoms with Gasteiger partial charge in [-0.2, -0.15) is 13.2 Å². The summed E-state index contributed by atoms with van der Waals surface area (Å²) < 4.78 is 74.5. The largest absolute Gasteiger partial charge is 0.390 e. The van der Waals surface area contributed by atoms with Crippen molar-refractivity contribution in [1.29, 1.82) is 0 Å². The number of nitrogens with two attached hydrogens (primary N) is 1. The lowest BCUT2D eigenvalue weighted by Gasteiger charge is -2.15. The van der Waals surface area contributed by atoms with Crippen LogP contribution in [0.4, 0.5) is 26.3 Å². The lowest BCUT2D eigenvalue weighted by molar-refractivity contribution is -0.138. The number of rotatable bonds is 2. The molecule has 0 bridgehead atoms. The Balaban J connectivity index is 3.08. The first kappa shape index (κ1) is 12.8. The fraction of sp³-hybridized carbons (Fsp3) is 0.333. The third kappa shape index (κ3) is 2.88. The minimum atomic E-state index is -4.68. The van der Waals surface area contributed by atoms with Gasteiger partial charge in [0.05, 0.1) is 6.42 Å². The number of hydrogen-bond donors (Lipinski definition) is 1. The topological polar surface area (TPSA) is 26.0 Å². The van der Waals surface area contributed by atoms with Gasteiger partial charge in [-0.25, -0.2) is 13.2 Å². The van der Waals surface area contributed by atoms with Gasteiger partial charge < -0.3 is 5.73 Å². The van der Waals surface area contributed by atoms with Gasteiger partial charge in [0.2, 0.25) is 0 Å². The number of alkyl halides is 3. The molecule has 1 rings (SSSR count). The van der Waals surface area contributed by atoms with Gasteiger partial charge >= 0.3 is 6.18 Å². The Morgan fingerprint density at radius 1 is 1.06 bits per heavy atom. The van der Waals surface area contributed by atoms with Crippen LogP contribution in [0.15, 0.2) is 12.1 Å². The summed E-state index contributed by atoms with van der Waals surface area (Å²) >= 11 is 0. The summed E-state index contributed by atoms with van der Waals surface area (Å²) in [6.45, 7) is 0. The lowest BCUT2D eigenvalue weighted by Crippen LogP contribution is -2.22. The minimum absolute atomic E-state index is 0.481. The SMILES string of the molecule is N[C@@H](CC(F)(F)F)c1c(F)ccc(F)c1F. The van der Waals surface area contributed by atoms with Crippen molar-refractivity contribution >= 4 is 0 Å². The molecule has 0 aliphatic rings. The van der Waals surface area contributed by atoms with Crippen LogP contribution in [0, 0.1) is 17.5 Å². The molecular weight excluding hydrogens is 236 g/mol. The summed E-state index contributed by atoms with van der Waals surface area (Å²) in [5, 5.41) is 0. The van der Waals surface area contributed by atoms with Crippen LogP contribution in [0.5, 0.6) is 0 Å². The van der Waals surface area contributed by atoms with Crippen molar-refractivity contribution in [1.82, 2.24) is 0 Å². The fourth-order valence-electron chi connectivity index (χ4n) is 1.23. The van der Waals surface area contributed by atoms with E-state index in [0.717, 1.165) is 0 Å². The maximum Gasteiger partial charge on any atom is 0.390 e.